The highest BCUT2D eigenvalue weighted by atomic mass is 35.5. The van der Waals surface area contributed by atoms with Crippen LogP contribution in [-0.2, 0) is 4.79 Å². The van der Waals surface area contributed by atoms with Gasteiger partial charge in [0.15, 0.2) is 0 Å². The molecule has 0 aliphatic carbocycles. The van der Waals surface area contributed by atoms with Gasteiger partial charge in [-0.15, -0.1) is 0 Å². The predicted octanol–water partition coefficient (Wildman–Crippen LogP) is 3.20. The summed E-state index contributed by atoms with van der Waals surface area (Å²) >= 11 is 5.96. The van der Waals surface area contributed by atoms with Gasteiger partial charge in [0.2, 0.25) is 0 Å². The highest BCUT2D eigenvalue weighted by molar-refractivity contribution is 6.45. The number of nitrogens with one attached hydrogen (secondary N) is 2. The SMILES string of the molecule is O=C(NCC#CCOc1ccccc1Cl)C(=O)c1c[nH]c2ccccc12. The topological polar surface area (TPSA) is 71.2 Å². The number of halogens is 1. The number of carbonyl (C=O) groups excluding carboxylic acids is 2. The first-order valence-electron chi connectivity index (χ1n) is 7.88. The van der Waals surface area contributed by atoms with Crippen LogP contribution < -0.4 is 10.1 Å². The molecule has 3 aromatic rings. The van der Waals surface area contributed by atoms with Crippen LogP contribution in [0, 0.1) is 11.8 Å². The van der Waals surface area contributed by atoms with Crippen molar-refractivity contribution < 1.29 is 14.3 Å². The summed E-state index contributed by atoms with van der Waals surface area (Å²) in [7, 11) is 0. The third-order valence-electron chi connectivity index (χ3n) is 3.64. The lowest BCUT2D eigenvalue weighted by Gasteiger charge is -2.03. The van der Waals surface area contributed by atoms with Gasteiger partial charge in [-0.25, -0.2) is 0 Å². The molecule has 130 valence electrons. The van der Waals surface area contributed by atoms with Crippen molar-refractivity contribution in [2.75, 3.05) is 13.2 Å². The van der Waals surface area contributed by atoms with Gasteiger partial charge in [-0.3, -0.25) is 9.59 Å². The zero-order valence-corrected chi connectivity index (χ0v) is 14.5. The lowest BCUT2D eigenvalue weighted by Crippen LogP contribution is -2.31. The van der Waals surface area contributed by atoms with Gasteiger partial charge in [0, 0.05) is 17.1 Å². The molecule has 2 N–H and O–H groups in total. The quantitative estimate of drug-likeness (QED) is 0.414. The lowest BCUT2D eigenvalue weighted by atomic mass is 10.1. The zero-order valence-electron chi connectivity index (χ0n) is 13.7. The summed E-state index contributed by atoms with van der Waals surface area (Å²) in [5.74, 6) is 4.74. The van der Waals surface area contributed by atoms with Gasteiger partial charge in [-0.2, -0.15) is 0 Å². The molecule has 0 atom stereocenters. The third kappa shape index (κ3) is 4.05. The Hall–Kier alpha value is -3.23. The molecule has 26 heavy (non-hydrogen) atoms. The summed E-state index contributed by atoms with van der Waals surface area (Å²) in [6.07, 6.45) is 1.54. The summed E-state index contributed by atoms with van der Waals surface area (Å²) in [5, 5.41) is 3.71. The van der Waals surface area contributed by atoms with Crippen molar-refractivity contribution in [3.8, 4) is 17.6 Å². The number of hydrogen-bond donors (Lipinski definition) is 2. The summed E-state index contributed by atoms with van der Waals surface area (Å²) in [5.41, 5.74) is 1.15. The number of fused-ring (bicyclic) bond motifs is 1. The minimum atomic E-state index is -0.698. The number of ether oxygens (including phenoxy) is 1. The Kier molecular flexibility index (Phi) is 5.57. The number of amides is 1. The second kappa shape index (κ2) is 8.24. The molecular formula is C20H15ClN2O3. The highest BCUT2D eigenvalue weighted by Gasteiger charge is 2.18. The average molecular weight is 367 g/mol. The molecule has 0 saturated heterocycles. The van der Waals surface area contributed by atoms with Crippen molar-refractivity contribution in [2.45, 2.75) is 0 Å². The number of Topliss-reactive ketones (excluding diaryl/α,β-unsaturated/α-hetero) is 1. The first-order valence-corrected chi connectivity index (χ1v) is 8.26. The number of hydrogen-bond acceptors (Lipinski definition) is 3. The van der Waals surface area contributed by atoms with Crippen LogP contribution >= 0.6 is 11.6 Å². The first kappa shape index (κ1) is 17.6. The molecular weight excluding hydrogens is 352 g/mol. The van der Waals surface area contributed by atoms with Crippen LogP contribution in [0.25, 0.3) is 10.9 Å². The molecule has 0 aliphatic rings. The van der Waals surface area contributed by atoms with Crippen molar-refractivity contribution in [1.29, 1.82) is 0 Å². The van der Waals surface area contributed by atoms with Crippen LogP contribution in [-0.4, -0.2) is 29.8 Å². The van der Waals surface area contributed by atoms with E-state index in [0.29, 0.717) is 21.7 Å². The van der Waals surface area contributed by atoms with E-state index in [9.17, 15) is 9.59 Å². The minimum Gasteiger partial charge on any atom is -0.479 e. The Labute approximate surface area is 155 Å². The molecule has 1 aromatic heterocycles. The van der Waals surface area contributed by atoms with E-state index in [-0.39, 0.29) is 13.2 Å². The number of para-hydroxylation sites is 2. The third-order valence-corrected chi connectivity index (χ3v) is 3.95. The molecule has 1 amide bonds. The largest absolute Gasteiger partial charge is 0.479 e. The Morgan fingerprint density at radius 1 is 1.08 bits per heavy atom. The van der Waals surface area contributed by atoms with Crippen molar-refractivity contribution in [2.24, 2.45) is 0 Å². The predicted molar refractivity (Wildman–Crippen MR) is 100 cm³/mol. The fourth-order valence-electron chi connectivity index (χ4n) is 2.38. The Bertz CT molecular complexity index is 1010. The van der Waals surface area contributed by atoms with Crippen LogP contribution in [0.5, 0.6) is 5.75 Å². The van der Waals surface area contributed by atoms with Crippen molar-refractivity contribution in [3.63, 3.8) is 0 Å². The molecule has 0 radical (unpaired) electrons. The molecule has 1 heterocycles. The van der Waals surface area contributed by atoms with E-state index in [0.717, 1.165) is 5.52 Å². The number of rotatable bonds is 5. The standard InChI is InChI=1S/C20H15ClN2O3/c21-16-8-2-4-10-18(16)26-12-6-5-11-22-20(25)19(24)15-13-23-17-9-3-1-7-14(15)17/h1-4,7-10,13,23H,11-12H2,(H,22,25). The summed E-state index contributed by atoms with van der Waals surface area (Å²) < 4.78 is 5.41. The lowest BCUT2D eigenvalue weighted by molar-refractivity contribution is -0.116. The highest BCUT2D eigenvalue weighted by Crippen LogP contribution is 2.22. The van der Waals surface area contributed by atoms with Crippen molar-refractivity contribution in [1.82, 2.24) is 10.3 Å². The van der Waals surface area contributed by atoms with Crippen LogP contribution in [0.1, 0.15) is 10.4 Å². The smallest absolute Gasteiger partial charge is 0.293 e. The number of benzene rings is 2. The summed E-state index contributed by atoms with van der Waals surface area (Å²) in [6, 6.07) is 14.4. The molecule has 0 aliphatic heterocycles. The molecule has 0 bridgehead atoms. The Balaban J connectivity index is 1.50. The van der Waals surface area contributed by atoms with E-state index >= 15 is 0 Å². The van der Waals surface area contributed by atoms with Crippen LogP contribution in [0.3, 0.4) is 0 Å². The molecule has 6 heteroatoms. The van der Waals surface area contributed by atoms with Crippen molar-refractivity contribution in [3.05, 3.63) is 65.3 Å². The normalized spacial score (nSPS) is 10.0. The van der Waals surface area contributed by atoms with E-state index in [1.54, 1.807) is 24.3 Å². The Morgan fingerprint density at radius 2 is 1.85 bits per heavy atom. The van der Waals surface area contributed by atoms with E-state index in [4.69, 9.17) is 16.3 Å². The molecule has 2 aromatic carbocycles. The molecule has 5 nitrogen and oxygen atoms in total. The average Bonchev–Trinajstić information content (AvgIpc) is 3.09. The van der Waals surface area contributed by atoms with Gasteiger partial charge in [0.05, 0.1) is 17.1 Å². The summed E-state index contributed by atoms with van der Waals surface area (Å²) in [6.45, 7) is 0.189. The molecule has 0 spiro atoms. The maximum Gasteiger partial charge on any atom is 0.293 e. The monoisotopic (exact) mass is 366 g/mol. The van der Waals surface area contributed by atoms with Crippen LogP contribution in [0.15, 0.2) is 54.7 Å². The van der Waals surface area contributed by atoms with Gasteiger partial charge in [-0.1, -0.05) is 53.8 Å². The zero-order chi connectivity index (χ0) is 18.4. The number of aromatic nitrogens is 1. The van der Waals surface area contributed by atoms with E-state index < -0.39 is 11.7 Å². The van der Waals surface area contributed by atoms with E-state index in [1.807, 2.05) is 24.3 Å². The first-order chi connectivity index (χ1) is 12.7. The summed E-state index contributed by atoms with van der Waals surface area (Å²) in [4.78, 5) is 27.2. The molecule has 0 unspecified atom stereocenters. The molecule has 3 rings (SSSR count). The number of H-pyrrole nitrogens is 1. The fraction of sp³-hybridized carbons (Fsp3) is 0.100. The number of carbonyl (C=O) groups is 2. The van der Waals surface area contributed by atoms with Gasteiger partial charge >= 0.3 is 0 Å². The Morgan fingerprint density at radius 3 is 2.69 bits per heavy atom. The van der Waals surface area contributed by atoms with E-state index in [2.05, 4.69) is 22.1 Å². The molecule has 0 saturated carbocycles. The van der Waals surface area contributed by atoms with Crippen LogP contribution in [0.2, 0.25) is 5.02 Å². The van der Waals surface area contributed by atoms with Gasteiger partial charge in [-0.05, 0) is 18.2 Å². The number of ketones is 1. The van der Waals surface area contributed by atoms with Gasteiger partial charge in [0.25, 0.3) is 11.7 Å². The van der Waals surface area contributed by atoms with Gasteiger partial charge in [0.1, 0.15) is 12.4 Å². The maximum atomic E-state index is 12.2. The fourth-order valence-corrected chi connectivity index (χ4v) is 2.57. The second-order valence-corrected chi connectivity index (χ2v) is 5.74. The maximum absolute atomic E-state index is 12.2. The van der Waals surface area contributed by atoms with Crippen molar-refractivity contribution >= 4 is 34.2 Å². The van der Waals surface area contributed by atoms with Gasteiger partial charge < -0.3 is 15.0 Å². The van der Waals surface area contributed by atoms with Crippen LogP contribution in [0.4, 0.5) is 0 Å². The minimum absolute atomic E-state index is 0.0544. The second-order valence-electron chi connectivity index (χ2n) is 5.33. The molecule has 0 fully saturated rings. The number of aromatic amines is 1. The van der Waals surface area contributed by atoms with E-state index in [1.165, 1.54) is 6.20 Å².